The van der Waals surface area contributed by atoms with Gasteiger partial charge in [-0.25, -0.2) is 0 Å². The average Bonchev–Trinajstić information content (AvgIpc) is 0.752. The van der Waals surface area contributed by atoms with Gasteiger partial charge in [-0.3, -0.25) is 4.79 Å². The number of hydrogen-bond acceptors (Lipinski definition) is 25. The van der Waals surface area contributed by atoms with Gasteiger partial charge in [0.15, 0.2) is 25.2 Å². The second-order valence-electron chi connectivity index (χ2n) is 27.7. The lowest BCUT2D eigenvalue weighted by Gasteiger charge is -2.71. The first-order valence-corrected chi connectivity index (χ1v) is 29.6. The highest BCUT2D eigenvalue weighted by Crippen LogP contribution is 2.76. The molecule has 10 aliphatic rings. The highest BCUT2D eigenvalue weighted by Gasteiger charge is 2.70. The van der Waals surface area contributed by atoms with E-state index >= 15 is 0 Å². The first kappa shape index (κ1) is 63.3. The third-order valence-corrected chi connectivity index (χ3v) is 22.4. The van der Waals surface area contributed by atoms with Gasteiger partial charge in [-0.05, 0) is 109 Å². The molecule has 25 nitrogen and oxygen atoms in total. The molecule has 5 saturated heterocycles. The van der Waals surface area contributed by atoms with Gasteiger partial charge in [0.25, 0.3) is 0 Å². The number of aliphatic hydroxyl groups excluding tert-OH is 14. The number of carbonyl (C=O) groups is 1. The molecule has 5 aliphatic heterocycles. The Morgan fingerprint density at radius 1 is 0.524 bits per heavy atom. The van der Waals surface area contributed by atoms with E-state index in [0.29, 0.717) is 25.7 Å². The summed E-state index contributed by atoms with van der Waals surface area (Å²) in [5.74, 6) is -0.431. The molecule has 14 N–H and O–H groups in total. The number of hydrogen-bond donors (Lipinski definition) is 14. The quantitative estimate of drug-likeness (QED) is 0.0555. The molecule has 82 heavy (non-hydrogen) atoms. The van der Waals surface area contributed by atoms with Crippen LogP contribution in [0.5, 0.6) is 0 Å². The van der Waals surface area contributed by atoms with Crippen LogP contribution in [0, 0.1) is 50.2 Å². The van der Waals surface area contributed by atoms with Gasteiger partial charge in [-0.15, -0.1) is 0 Å². The molecular formula is C57H92O25. The average molecular weight is 1180 g/mol. The summed E-state index contributed by atoms with van der Waals surface area (Å²) >= 11 is 0. The van der Waals surface area contributed by atoms with E-state index in [4.69, 9.17) is 47.4 Å². The minimum atomic E-state index is -1.94. The first-order chi connectivity index (χ1) is 38.5. The van der Waals surface area contributed by atoms with E-state index in [2.05, 4.69) is 54.5 Å². The summed E-state index contributed by atoms with van der Waals surface area (Å²) in [5.41, 5.74) is -1.14. The van der Waals surface area contributed by atoms with Crippen LogP contribution in [0.1, 0.15) is 113 Å². The van der Waals surface area contributed by atoms with Crippen molar-refractivity contribution in [3.8, 4) is 0 Å². The Bertz CT molecular complexity index is 2270. The maximum absolute atomic E-state index is 14.8. The fraction of sp³-hybridized carbons (Fsp3) is 0.947. The van der Waals surface area contributed by atoms with Gasteiger partial charge in [-0.2, -0.15) is 0 Å². The van der Waals surface area contributed by atoms with Crippen LogP contribution in [-0.4, -0.2) is 252 Å². The second kappa shape index (κ2) is 23.3. The lowest BCUT2D eigenvalue weighted by Crippen LogP contribution is -2.67. The summed E-state index contributed by atoms with van der Waals surface area (Å²) in [6.45, 7) is 13.2. The van der Waals surface area contributed by atoms with Crippen molar-refractivity contribution in [2.24, 2.45) is 50.2 Å². The second-order valence-corrected chi connectivity index (χ2v) is 27.7. The molecule has 0 bridgehead atoms. The van der Waals surface area contributed by atoms with E-state index in [-0.39, 0.29) is 39.4 Å². The molecule has 0 spiro atoms. The maximum Gasteiger partial charge on any atom is 0.315 e. The molecular weight excluding hydrogens is 1080 g/mol. The van der Waals surface area contributed by atoms with E-state index in [1.165, 1.54) is 5.57 Å². The van der Waals surface area contributed by atoms with Crippen LogP contribution in [0.4, 0.5) is 0 Å². The Morgan fingerprint density at radius 3 is 1.71 bits per heavy atom. The normalized spacial score (nSPS) is 53.8. The highest BCUT2D eigenvalue weighted by atomic mass is 16.8. The molecule has 0 amide bonds. The van der Waals surface area contributed by atoms with Crippen LogP contribution >= 0.6 is 0 Å². The van der Waals surface area contributed by atoms with Crippen LogP contribution in [0.15, 0.2) is 11.6 Å². The van der Waals surface area contributed by atoms with Crippen LogP contribution in [0.2, 0.25) is 0 Å². The van der Waals surface area contributed by atoms with Crippen molar-refractivity contribution in [3.05, 3.63) is 11.6 Å². The van der Waals surface area contributed by atoms with Crippen LogP contribution in [-0.2, 0) is 52.2 Å². The first-order valence-electron chi connectivity index (χ1n) is 29.6. The largest absolute Gasteiger partial charge is 0.432 e. The van der Waals surface area contributed by atoms with Crippen molar-refractivity contribution in [3.63, 3.8) is 0 Å². The number of fused-ring (bicyclic) bond motifs is 7. The number of ether oxygens (including phenoxy) is 10. The molecule has 470 valence electrons. The molecule has 0 aromatic carbocycles. The molecule has 0 radical (unpaired) electrons. The molecule has 5 aliphatic carbocycles. The lowest BCUT2D eigenvalue weighted by atomic mass is 9.33. The Hall–Kier alpha value is -1.71. The molecule has 25 heteroatoms. The third kappa shape index (κ3) is 10.6. The van der Waals surface area contributed by atoms with Gasteiger partial charge in [0.1, 0.15) is 104 Å². The third-order valence-electron chi connectivity index (χ3n) is 22.4. The smallest absolute Gasteiger partial charge is 0.315 e. The van der Waals surface area contributed by atoms with Gasteiger partial charge in [0.05, 0.1) is 44.6 Å². The van der Waals surface area contributed by atoms with Crippen LogP contribution < -0.4 is 0 Å². The van der Waals surface area contributed by atoms with Crippen molar-refractivity contribution in [1.82, 2.24) is 0 Å². The lowest BCUT2D eigenvalue weighted by molar-refractivity contribution is -0.391. The zero-order chi connectivity index (χ0) is 59.6. The zero-order valence-corrected chi connectivity index (χ0v) is 47.9. The predicted octanol–water partition coefficient (Wildman–Crippen LogP) is -2.29. The van der Waals surface area contributed by atoms with E-state index in [0.717, 1.165) is 38.5 Å². The summed E-state index contributed by atoms with van der Waals surface area (Å²) < 4.78 is 60.4. The van der Waals surface area contributed by atoms with Crippen molar-refractivity contribution < 1.29 is 124 Å². The SMILES string of the molecule is CC1(C)CCC2(C(=O)OC3OC(CO)C(O)C(O)C3O)CCC3(C)C(=CCC4C5(C)CCC(OC6OCC(O)C(OC7OC(CO)C(O)C(OC8OCC(O)C(O)C8O)C7O)C6OC6OCC(O)C(O)C6O)C(C)(C)C5CCC43C)C2C1. The number of aliphatic hydroxyl groups is 14. The molecule has 9 fully saturated rings. The van der Waals surface area contributed by atoms with Crippen LogP contribution in [0.3, 0.4) is 0 Å². The molecule has 4 saturated carbocycles. The number of esters is 1. The van der Waals surface area contributed by atoms with E-state index in [1.54, 1.807) is 0 Å². The van der Waals surface area contributed by atoms with E-state index in [9.17, 15) is 76.3 Å². The van der Waals surface area contributed by atoms with Gasteiger partial charge >= 0.3 is 5.97 Å². The summed E-state index contributed by atoms with van der Waals surface area (Å²) in [4.78, 5) is 14.8. The Kier molecular flexibility index (Phi) is 18.0. The fourth-order valence-corrected chi connectivity index (χ4v) is 17.2. The Morgan fingerprint density at radius 2 is 1.07 bits per heavy atom. The van der Waals surface area contributed by atoms with Gasteiger partial charge in [0, 0.05) is 0 Å². The molecule has 0 aromatic heterocycles. The summed E-state index contributed by atoms with van der Waals surface area (Å²) in [6.07, 6.45) is -27.0. The molecule has 0 aromatic rings. The minimum Gasteiger partial charge on any atom is -0.432 e. The number of carbonyl (C=O) groups excluding carboxylic acids is 1. The fourth-order valence-electron chi connectivity index (χ4n) is 17.2. The van der Waals surface area contributed by atoms with Gasteiger partial charge in [-0.1, -0.05) is 60.1 Å². The summed E-state index contributed by atoms with van der Waals surface area (Å²) in [7, 11) is 0. The number of rotatable bonds is 12. The van der Waals surface area contributed by atoms with E-state index in [1.807, 2.05) is 0 Å². The monoisotopic (exact) mass is 1180 g/mol. The predicted molar refractivity (Wildman–Crippen MR) is 277 cm³/mol. The van der Waals surface area contributed by atoms with Crippen molar-refractivity contribution in [2.75, 3.05) is 33.0 Å². The minimum absolute atomic E-state index is 0.0847. The van der Waals surface area contributed by atoms with Gasteiger partial charge < -0.3 is 119 Å². The van der Waals surface area contributed by atoms with Crippen LogP contribution in [0.25, 0.3) is 0 Å². The summed E-state index contributed by atoms with van der Waals surface area (Å²) in [6, 6.07) is 0. The molecule has 10 rings (SSSR count). The molecule has 30 atom stereocenters. The zero-order valence-electron chi connectivity index (χ0n) is 47.9. The number of allylic oxidation sites excluding steroid dienone is 2. The van der Waals surface area contributed by atoms with Crippen molar-refractivity contribution >= 4 is 5.97 Å². The van der Waals surface area contributed by atoms with Crippen molar-refractivity contribution in [1.29, 1.82) is 0 Å². The van der Waals surface area contributed by atoms with E-state index < -0.39 is 191 Å². The van der Waals surface area contributed by atoms with Gasteiger partial charge in [0.2, 0.25) is 6.29 Å². The molecule has 5 heterocycles. The topological polar surface area (TPSA) is 393 Å². The molecule has 30 unspecified atom stereocenters. The maximum atomic E-state index is 14.8. The van der Waals surface area contributed by atoms with Crippen molar-refractivity contribution in [2.45, 2.75) is 254 Å². The standard InChI is InChI=1S/C57H92O25/c1-52(2)14-16-57(51(72)82-48-41(70)38(67)36(65)29(19-58)76-48)17-15-55(6)24(25(57)18-52)8-9-32-54(5)12-11-33(53(3,4)31(54)10-13-56(32,55)7)78-50-45(81-47-40(69)35(64)27(61)22-74-47)43(28(62)23-75-50)79-49-42(71)44(37(66)30(20-59)77-49)80-46-39(68)34(63)26(60)21-73-46/h8,25-50,58-71H,9-23H2,1-7H3. The summed E-state index contributed by atoms with van der Waals surface area (Å²) in [5, 5.41) is 150. The Labute approximate surface area is 477 Å². The highest BCUT2D eigenvalue weighted by molar-refractivity contribution is 5.79. The Balaban J connectivity index is 0.897.